The molecule has 1 aromatic heterocycles. The highest BCUT2D eigenvalue weighted by Crippen LogP contribution is 2.25. The molecule has 1 aliphatic rings. The molecule has 1 saturated heterocycles. The Bertz CT molecular complexity index is 956. The number of piperidine rings is 1. The zero-order valence-corrected chi connectivity index (χ0v) is 18.2. The molecule has 2 heterocycles. The van der Waals surface area contributed by atoms with E-state index >= 15 is 0 Å². The number of aromatic nitrogens is 1. The molecule has 1 aromatic carbocycles. The highest BCUT2D eigenvalue weighted by atomic mass is 16.6. The molecule has 2 N–H and O–H groups in total. The number of nitrogens with zero attached hydrogens (tertiary/aromatic N) is 2. The Kier molecular flexibility index (Phi) is 6.67. The van der Waals surface area contributed by atoms with Crippen LogP contribution >= 0.6 is 0 Å². The van der Waals surface area contributed by atoms with Crippen LogP contribution in [0.5, 0.6) is 0 Å². The average molecular weight is 432 g/mol. The summed E-state index contributed by atoms with van der Waals surface area (Å²) in [6, 6.07) is 5.39. The van der Waals surface area contributed by atoms with E-state index < -0.39 is 17.5 Å². The number of ether oxygens (including phenoxy) is 2. The SMILES string of the molecule is COC(=O)CNC(=O)c1cccc2oc(NC3CCN(C(=O)OC(C)(C)C)CC3)nc12. The van der Waals surface area contributed by atoms with Crippen LogP contribution in [0, 0.1) is 0 Å². The van der Waals surface area contributed by atoms with Gasteiger partial charge in [0.05, 0.1) is 12.7 Å². The second-order valence-corrected chi connectivity index (χ2v) is 8.32. The number of amides is 2. The number of anilines is 1. The molecule has 31 heavy (non-hydrogen) atoms. The third-order valence-corrected chi connectivity index (χ3v) is 4.76. The van der Waals surface area contributed by atoms with Crippen molar-refractivity contribution in [2.45, 2.75) is 45.3 Å². The Labute approximate surface area is 180 Å². The molecule has 168 valence electrons. The van der Waals surface area contributed by atoms with Crippen LogP contribution in [0.3, 0.4) is 0 Å². The average Bonchev–Trinajstić information content (AvgIpc) is 3.13. The summed E-state index contributed by atoms with van der Waals surface area (Å²) in [6.45, 7) is 6.43. The number of methoxy groups -OCH3 is 1. The van der Waals surface area contributed by atoms with Gasteiger partial charge in [-0.15, -0.1) is 0 Å². The molecule has 0 unspecified atom stereocenters. The molecule has 10 nitrogen and oxygen atoms in total. The second-order valence-electron chi connectivity index (χ2n) is 8.32. The van der Waals surface area contributed by atoms with Crippen molar-refractivity contribution in [3.8, 4) is 0 Å². The van der Waals surface area contributed by atoms with Gasteiger partial charge in [0.2, 0.25) is 0 Å². The lowest BCUT2D eigenvalue weighted by Gasteiger charge is -2.33. The number of hydrogen-bond donors (Lipinski definition) is 2. The van der Waals surface area contributed by atoms with Crippen LogP contribution in [-0.4, -0.2) is 66.2 Å². The maximum Gasteiger partial charge on any atom is 0.410 e. The summed E-state index contributed by atoms with van der Waals surface area (Å²) in [7, 11) is 1.25. The number of para-hydroxylation sites is 1. The maximum atomic E-state index is 12.4. The largest absolute Gasteiger partial charge is 0.468 e. The fourth-order valence-electron chi connectivity index (χ4n) is 3.22. The summed E-state index contributed by atoms with van der Waals surface area (Å²) in [6.07, 6.45) is 1.12. The summed E-state index contributed by atoms with van der Waals surface area (Å²) >= 11 is 0. The van der Waals surface area contributed by atoms with E-state index in [1.807, 2.05) is 20.8 Å². The predicted octanol–water partition coefficient (Wildman–Crippen LogP) is 2.54. The number of esters is 1. The minimum absolute atomic E-state index is 0.0725. The van der Waals surface area contributed by atoms with Crippen molar-refractivity contribution in [3.05, 3.63) is 23.8 Å². The van der Waals surface area contributed by atoms with Gasteiger partial charge in [0, 0.05) is 19.1 Å². The first-order valence-electron chi connectivity index (χ1n) is 10.2. The van der Waals surface area contributed by atoms with Crippen LogP contribution in [0.25, 0.3) is 11.1 Å². The van der Waals surface area contributed by atoms with Crippen molar-refractivity contribution in [2.75, 3.05) is 32.1 Å². The fourth-order valence-corrected chi connectivity index (χ4v) is 3.22. The minimum Gasteiger partial charge on any atom is -0.468 e. The van der Waals surface area contributed by atoms with Gasteiger partial charge >= 0.3 is 12.1 Å². The first kappa shape index (κ1) is 22.4. The normalized spacial score (nSPS) is 14.9. The number of oxazole rings is 1. The third kappa shape index (κ3) is 5.87. The van der Waals surface area contributed by atoms with Gasteiger partial charge in [-0.1, -0.05) is 6.07 Å². The van der Waals surface area contributed by atoms with Crippen molar-refractivity contribution in [1.29, 1.82) is 0 Å². The Balaban J connectivity index is 1.61. The second kappa shape index (κ2) is 9.23. The van der Waals surface area contributed by atoms with E-state index in [4.69, 9.17) is 9.15 Å². The summed E-state index contributed by atoms with van der Waals surface area (Å²) in [4.78, 5) is 42.0. The molecule has 0 bridgehead atoms. The number of carbonyl (C=O) groups is 3. The lowest BCUT2D eigenvalue weighted by molar-refractivity contribution is -0.139. The zero-order valence-electron chi connectivity index (χ0n) is 18.2. The van der Waals surface area contributed by atoms with E-state index in [0.717, 1.165) is 0 Å². The van der Waals surface area contributed by atoms with E-state index in [9.17, 15) is 14.4 Å². The van der Waals surface area contributed by atoms with Crippen LogP contribution in [0.15, 0.2) is 22.6 Å². The number of fused-ring (bicyclic) bond motifs is 1. The van der Waals surface area contributed by atoms with E-state index in [-0.39, 0.29) is 18.7 Å². The number of rotatable bonds is 5. The molecule has 3 rings (SSSR count). The molecular formula is C21H28N4O6. The number of likely N-dealkylation sites (tertiary alicyclic amines) is 1. The molecule has 0 radical (unpaired) electrons. The molecule has 1 fully saturated rings. The van der Waals surface area contributed by atoms with Crippen molar-refractivity contribution in [2.24, 2.45) is 0 Å². The molecule has 10 heteroatoms. The predicted molar refractivity (Wildman–Crippen MR) is 113 cm³/mol. The van der Waals surface area contributed by atoms with Gasteiger partial charge < -0.3 is 29.4 Å². The first-order chi connectivity index (χ1) is 14.7. The molecule has 0 spiro atoms. The maximum absolute atomic E-state index is 12.4. The number of hydrogen-bond acceptors (Lipinski definition) is 8. The summed E-state index contributed by atoms with van der Waals surface area (Å²) in [5.41, 5.74) is 0.640. The number of nitrogens with one attached hydrogen (secondary N) is 2. The van der Waals surface area contributed by atoms with Crippen LogP contribution < -0.4 is 10.6 Å². The van der Waals surface area contributed by atoms with Crippen molar-refractivity contribution in [3.63, 3.8) is 0 Å². The minimum atomic E-state index is -0.541. The van der Waals surface area contributed by atoms with E-state index in [2.05, 4.69) is 20.4 Å². The molecule has 0 saturated carbocycles. The molecular weight excluding hydrogens is 404 g/mol. The van der Waals surface area contributed by atoms with Gasteiger partial charge in [-0.05, 0) is 45.7 Å². The van der Waals surface area contributed by atoms with Crippen LogP contribution in [-0.2, 0) is 14.3 Å². The van der Waals surface area contributed by atoms with Crippen molar-refractivity contribution in [1.82, 2.24) is 15.2 Å². The molecule has 2 amide bonds. The first-order valence-corrected chi connectivity index (χ1v) is 10.2. The Morgan fingerprint density at radius 1 is 1.23 bits per heavy atom. The third-order valence-electron chi connectivity index (χ3n) is 4.76. The summed E-state index contributed by atoms with van der Waals surface area (Å²) in [5, 5.41) is 5.74. The Morgan fingerprint density at radius 3 is 2.58 bits per heavy atom. The number of benzene rings is 1. The standard InChI is InChI=1S/C21H28N4O6/c1-21(2,3)31-20(28)25-10-8-13(9-11-25)23-19-24-17-14(6-5-7-15(17)30-19)18(27)22-12-16(26)29-4/h5-7,13H,8-12H2,1-4H3,(H,22,27)(H,23,24). The Morgan fingerprint density at radius 2 is 1.94 bits per heavy atom. The Hall–Kier alpha value is -3.30. The fraction of sp³-hybridized carbons (Fsp3) is 0.524. The highest BCUT2D eigenvalue weighted by molar-refractivity contribution is 6.05. The van der Waals surface area contributed by atoms with Crippen LogP contribution in [0.1, 0.15) is 44.0 Å². The topological polar surface area (TPSA) is 123 Å². The molecule has 1 aliphatic heterocycles. The van der Waals surface area contributed by atoms with Gasteiger partial charge in [0.25, 0.3) is 11.9 Å². The van der Waals surface area contributed by atoms with E-state index in [0.29, 0.717) is 48.6 Å². The smallest absolute Gasteiger partial charge is 0.410 e. The van der Waals surface area contributed by atoms with Crippen molar-refractivity contribution >= 4 is 35.1 Å². The van der Waals surface area contributed by atoms with Gasteiger partial charge in [-0.3, -0.25) is 9.59 Å². The lowest BCUT2D eigenvalue weighted by atomic mass is 10.1. The van der Waals surface area contributed by atoms with Gasteiger partial charge in [-0.2, -0.15) is 4.98 Å². The van der Waals surface area contributed by atoms with Crippen LogP contribution in [0.2, 0.25) is 0 Å². The summed E-state index contributed by atoms with van der Waals surface area (Å²) < 4.78 is 15.7. The molecule has 0 aliphatic carbocycles. The highest BCUT2D eigenvalue weighted by Gasteiger charge is 2.27. The zero-order chi connectivity index (χ0) is 22.6. The lowest BCUT2D eigenvalue weighted by Crippen LogP contribution is -2.44. The van der Waals surface area contributed by atoms with Gasteiger partial charge in [0.1, 0.15) is 17.7 Å². The molecule has 2 aromatic rings. The van der Waals surface area contributed by atoms with Crippen LogP contribution in [0.4, 0.5) is 10.8 Å². The quantitative estimate of drug-likeness (QED) is 0.691. The monoisotopic (exact) mass is 432 g/mol. The van der Waals surface area contributed by atoms with Gasteiger partial charge in [-0.25, -0.2) is 4.79 Å². The van der Waals surface area contributed by atoms with Crippen molar-refractivity contribution < 1.29 is 28.3 Å². The van der Waals surface area contributed by atoms with Gasteiger partial charge in [0.15, 0.2) is 5.58 Å². The number of carbonyl (C=O) groups excluding carboxylic acids is 3. The van der Waals surface area contributed by atoms with E-state index in [1.165, 1.54) is 7.11 Å². The molecule has 0 atom stereocenters. The summed E-state index contributed by atoms with van der Waals surface area (Å²) in [5.74, 6) is -0.984. The van der Waals surface area contributed by atoms with E-state index in [1.54, 1.807) is 23.1 Å².